The molecule has 2 N–H and O–H groups in total. The van der Waals surface area contributed by atoms with E-state index in [1.54, 1.807) is 26.3 Å². The van der Waals surface area contributed by atoms with Gasteiger partial charge in [0.25, 0.3) is 0 Å². The number of rotatable bonds is 8. The van der Waals surface area contributed by atoms with Crippen molar-refractivity contribution in [1.82, 2.24) is 15.5 Å². The minimum Gasteiger partial charge on any atom is -0.379 e. The number of aliphatic imine (C=N–C) groups is 1. The zero-order valence-corrected chi connectivity index (χ0v) is 20.5. The molecule has 0 aliphatic carbocycles. The molecular formula is C23H32FIN4O2. The molecule has 2 aromatic carbocycles. The highest BCUT2D eigenvalue weighted by Gasteiger charge is 2.14. The van der Waals surface area contributed by atoms with E-state index in [4.69, 9.17) is 9.47 Å². The van der Waals surface area contributed by atoms with Gasteiger partial charge in [-0.15, -0.1) is 24.0 Å². The molecule has 0 spiro atoms. The Morgan fingerprint density at radius 1 is 1.10 bits per heavy atom. The second kappa shape index (κ2) is 13.6. The second-order valence-electron chi connectivity index (χ2n) is 7.24. The van der Waals surface area contributed by atoms with Crippen molar-refractivity contribution in [2.24, 2.45) is 4.99 Å². The van der Waals surface area contributed by atoms with Crippen LogP contribution in [0.1, 0.15) is 22.8 Å². The molecule has 0 amide bonds. The third-order valence-corrected chi connectivity index (χ3v) is 5.27. The summed E-state index contributed by atoms with van der Waals surface area (Å²) in [5.41, 5.74) is 3.47. The molecule has 1 unspecified atom stereocenters. The predicted octanol–water partition coefficient (Wildman–Crippen LogP) is 3.33. The van der Waals surface area contributed by atoms with Crippen LogP contribution in [0, 0.1) is 5.82 Å². The Hall–Kier alpha value is -1.75. The maximum atomic E-state index is 13.2. The summed E-state index contributed by atoms with van der Waals surface area (Å²) in [6.45, 7) is 5.64. The van der Waals surface area contributed by atoms with Crippen molar-refractivity contribution in [2.75, 3.05) is 47.0 Å². The Morgan fingerprint density at radius 3 is 2.42 bits per heavy atom. The number of nitrogens with zero attached hydrogens (tertiary/aromatic N) is 2. The fourth-order valence-electron chi connectivity index (χ4n) is 3.49. The van der Waals surface area contributed by atoms with Crippen molar-refractivity contribution < 1.29 is 13.9 Å². The molecule has 170 valence electrons. The van der Waals surface area contributed by atoms with E-state index in [1.165, 1.54) is 23.3 Å². The summed E-state index contributed by atoms with van der Waals surface area (Å²) in [6, 6.07) is 14.8. The van der Waals surface area contributed by atoms with Crippen LogP contribution in [0.4, 0.5) is 4.39 Å². The summed E-state index contributed by atoms with van der Waals surface area (Å²) < 4.78 is 24.2. The summed E-state index contributed by atoms with van der Waals surface area (Å²) in [6.07, 6.45) is -0.197. The van der Waals surface area contributed by atoms with Crippen LogP contribution >= 0.6 is 24.0 Å². The van der Waals surface area contributed by atoms with Crippen LogP contribution in [-0.4, -0.2) is 57.9 Å². The molecule has 8 heteroatoms. The van der Waals surface area contributed by atoms with Gasteiger partial charge in [0, 0.05) is 46.9 Å². The molecular weight excluding hydrogens is 510 g/mol. The number of methoxy groups -OCH3 is 1. The normalized spacial score (nSPS) is 15.8. The van der Waals surface area contributed by atoms with E-state index >= 15 is 0 Å². The molecule has 31 heavy (non-hydrogen) atoms. The van der Waals surface area contributed by atoms with Crippen molar-refractivity contribution in [2.45, 2.75) is 19.2 Å². The van der Waals surface area contributed by atoms with Gasteiger partial charge >= 0.3 is 0 Å². The highest BCUT2D eigenvalue weighted by atomic mass is 127. The highest BCUT2D eigenvalue weighted by molar-refractivity contribution is 14.0. The smallest absolute Gasteiger partial charge is 0.191 e. The standard InChI is InChI=1S/C23H31FN4O2.HI/c1-25-23(27-16-22(29-2)18-7-9-21(24)10-8-18)26-15-19-5-3-4-6-20(19)17-28-11-13-30-14-12-28;/h3-10,22H,11-17H2,1-2H3,(H2,25,26,27);1H. The number of ether oxygens (including phenoxy) is 2. The van der Waals surface area contributed by atoms with E-state index in [2.05, 4.69) is 44.8 Å². The van der Waals surface area contributed by atoms with E-state index in [0.717, 1.165) is 38.4 Å². The zero-order valence-electron chi connectivity index (χ0n) is 18.1. The van der Waals surface area contributed by atoms with E-state index in [-0.39, 0.29) is 35.9 Å². The lowest BCUT2D eigenvalue weighted by Gasteiger charge is -2.27. The van der Waals surface area contributed by atoms with Crippen molar-refractivity contribution in [1.29, 1.82) is 0 Å². The van der Waals surface area contributed by atoms with E-state index in [1.807, 2.05) is 0 Å². The van der Waals surface area contributed by atoms with Gasteiger partial charge < -0.3 is 20.1 Å². The summed E-state index contributed by atoms with van der Waals surface area (Å²) in [7, 11) is 3.39. The fourth-order valence-corrected chi connectivity index (χ4v) is 3.49. The molecule has 1 heterocycles. The number of hydrogen-bond acceptors (Lipinski definition) is 4. The number of guanidine groups is 1. The molecule has 1 aliphatic heterocycles. The Labute approximate surface area is 201 Å². The molecule has 0 radical (unpaired) electrons. The van der Waals surface area contributed by atoms with Crippen LogP contribution < -0.4 is 10.6 Å². The topological polar surface area (TPSA) is 58.1 Å². The van der Waals surface area contributed by atoms with Gasteiger partial charge in [-0.25, -0.2) is 4.39 Å². The molecule has 1 atom stereocenters. The van der Waals surface area contributed by atoms with Crippen molar-refractivity contribution >= 4 is 29.9 Å². The molecule has 0 aromatic heterocycles. The molecule has 2 aromatic rings. The monoisotopic (exact) mass is 542 g/mol. The Kier molecular flexibility index (Phi) is 11.2. The Bertz CT molecular complexity index is 813. The Balaban J connectivity index is 0.00000341. The fraction of sp³-hybridized carbons (Fsp3) is 0.435. The van der Waals surface area contributed by atoms with Gasteiger partial charge in [0.05, 0.1) is 19.3 Å². The van der Waals surface area contributed by atoms with E-state index in [9.17, 15) is 4.39 Å². The first-order valence-electron chi connectivity index (χ1n) is 10.3. The summed E-state index contributed by atoms with van der Waals surface area (Å²) in [5.74, 6) is 0.440. The number of hydrogen-bond donors (Lipinski definition) is 2. The molecule has 1 aliphatic rings. The molecule has 1 fully saturated rings. The summed E-state index contributed by atoms with van der Waals surface area (Å²) in [5, 5.41) is 6.68. The molecule has 6 nitrogen and oxygen atoms in total. The van der Waals surface area contributed by atoms with Gasteiger partial charge in [-0.2, -0.15) is 0 Å². The molecule has 1 saturated heterocycles. The summed E-state index contributed by atoms with van der Waals surface area (Å²) in [4.78, 5) is 6.73. The van der Waals surface area contributed by atoms with Crippen molar-refractivity contribution in [3.8, 4) is 0 Å². The first-order valence-corrected chi connectivity index (χ1v) is 10.3. The lowest BCUT2D eigenvalue weighted by Crippen LogP contribution is -2.39. The molecule has 0 saturated carbocycles. The molecule has 3 rings (SSSR count). The minimum absolute atomic E-state index is 0. The van der Waals surface area contributed by atoms with Gasteiger partial charge in [0.1, 0.15) is 5.82 Å². The van der Waals surface area contributed by atoms with Crippen molar-refractivity contribution in [3.63, 3.8) is 0 Å². The Morgan fingerprint density at radius 2 is 1.77 bits per heavy atom. The van der Waals surface area contributed by atoms with Crippen LogP contribution in [0.15, 0.2) is 53.5 Å². The van der Waals surface area contributed by atoms with Gasteiger partial charge in [-0.05, 0) is 28.8 Å². The van der Waals surface area contributed by atoms with Gasteiger partial charge in [0.15, 0.2) is 5.96 Å². The maximum absolute atomic E-state index is 13.2. The number of benzene rings is 2. The van der Waals surface area contributed by atoms with Crippen LogP contribution in [0.2, 0.25) is 0 Å². The average Bonchev–Trinajstić information content (AvgIpc) is 2.79. The molecule has 0 bridgehead atoms. The number of halogens is 2. The minimum atomic E-state index is -0.255. The van der Waals surface area contributed by atoms with Crippen LogP contribution in [0.5, 0.6) is 0 Å². The van der Waals surface area contributed by atoms with E-state index < -0.39 is 0 Å². The van der Waals surface area contributed by atoms with Gasteiger partial charge in [0.2, 0.25) is 0 Å². The van der Waals surface area contributed by atoms with Crippen LogP contribution in [0.3, 0.4) is 0 Å². The summed E-state index contributed by atoms with van der Waals surface area (Å²) >= 11 is 0. The largest absolute Gasteiger partial charge is 0.379 e. The first kappa shape index (κ1) is 25.5. The predicted molar refractivity (Wildman–Crippen MR) is 132 cm³/mol. The second-order valence-corrected chi connectivity index (χ2v) is 7.24. The van der Waals surface area contributed by atoms with Crippen LogP contribution in [-0.2, 0) is 22.6 Å². The maximum Gasteiger partial charge on any atom is 0.191 e. The number of nitrogens with one attached hydrogen (secondary N) is 2. The van der Waals surface area contributed by atoms with Gasteiger partial charge in [-0.1, -0.05) is 36.4 Å². The van der Waals surface area contributed by atoms with E-state index in [0.29, 0.717) is 19.0 Å². The average molecular weight is 542 g/mol. The SMILES string of the molecule is CN=C(NCc1ccccc1CN1CCOCC1)NCC(OC)c1ccc(F)cc1.I. The lowest BCUT2D eigenvalue weighted by atomic mass is 10.1. The van der Waals surface area contributed by atoms with Gasteiger partial charge in [-0.3, -0.25) is 9.89 Å². The number of morpholine rings is 1. The third kappa shape index (κ3) is 8.03. The van der Waals surface area contributed by atoms with Crippen molar-refractivity contribution in [3.05, 3.63) is 71.0 Å². The van der Waals surface area contributed by atoms with Crippen LogP contribution in [0.25, 0.3) is 0 Å². The first-order chi connectivity index (χ1) is 14.7. The lowest BCUT2D eigenvalue weighted by molar-refractivity contribution is 0.0341. The zero-order chi connectivity index (χ0) is 21.2. The quantitative estimate of drug-likeness (QED) is 0.305. The third-order valence-electron chi connectivity index (χ3n) is 5.27. The highest BCUT2D eigenvalue weighted by Crippen LogP contribution is 2.16.